The van der Waals surface area contributed by atoms with E-state index in [2.05, 4.69) is 46.5 Å². The summed E-state index contributed by atoms with van der Waals surface area (Å²) in [6.07, 6.45) is 0. The summed E-state index contributed by atoms with van der Waals surface area (Å²) in [6, 6.07) is 6.15. The summed E-state index contributed by atoms with van der Waals surface area (Å²) in [5, 5.41) is 13.8. The van der Waals surface area contributed by atoms with Crippen LogP contribution in [0, 0.1) is 13.8 Å². The van der Waals surface area contributed by atoms with Gasteiger partial charge < -0.3 is 15.9 Å². The molecule has 0 spiro atoms. The summed E-state index contributed by atoms with van der Waals surface area (Å²) in [4.78, 5) is 16.3. The second kappa shape index (κ2) is 9.27. The lowest BCUT2D eigenvalue weighted by Crippen LogP contribution is -2.18. The van der Waals surface area contributed by atoms with Crippen molar-refractivity contribution in [2.75, 3.05) is 16.9 Å². The third-order valence-corrected chi connectivity index (χ3v) is 5.90. The summed E-state index contributed by atoms with van der Waals surface area (Å²) < 4.78 is 7.33. The number of anilines is 1. The molecule has 0 fully saturated rings. The Hall–Kier alpha value is -2.59. The highest BCUT2D eigenvalue weighted by Gasteiger charge is 2.15. The molecule has 0 atom stereocenters. The topological polar surface area (TPSA) is 108 Å². The Bertz CT molecular complexity index is 999. The van der Waals surface area contributed by atoms with Crippen LogP contribution in [0.1, 0.15) is 42.4 Å². The van der Waals surface area contributed by atoms with E-state index >= 15 is 0 Å². The van der Waals surface area contributed by atoms with Gasteiger partial charge in [0.05, 0.1) is 11.4 Å². The van der Waals surface area contributed by atoms with Gasteiger partial charge in [-0.1, -0.05) is 37.7 Å². The van der Waals surface area contributed by atoms with Gasteiger partial charge in [0.25, 0.3) is 0 Å². The molecule has 10 heteroatoms. The summed E-state index contributed by atoms with van der Waals surface area (Å²) >= 11 is 2.60. The second-order valence-electron chi connectivity index (χ2n) is 6.88. The van der Waals surface area contributed by atoms with Gasteiger partial charge in [-0.15, -0.1) is 21.5 Å². The van der Waals surface area contributed by atoms with E-state index in [1.807, 2.05) is 25.3 Å². The van der Waals surface area contributed by atoms with Crippen molar-refractivity contribution in [2.24, 2.45) is 0 Å². The van der Waals surface area contributed by atoms with E-state index in [1.54, 1.807) is 0 Å². The lowest BCUT2D eigenvalue weighted by atomic mass is 10.0. The van der Waals surface area contributed by atoms with Crippen molar-refractivity contribution in [3.63, 3.8) is 0 Å². The number of carbonyl (C=O) groups excluding carboxylic acids is 1. The van der Waals surface area contributed by atoms with E-state index in [-0.39, 0.29) is 18.3 Å². The van der Waals surface area contributed by atoms with E-state index in [1.165, 1.54) is 27.8 Å². The fourth-order valence-corrected chi connectivity index (χ4v) is 3.97. The highest BCUT2D eigenvalue weighted by molar-refractivity contribution is 7.99. The molecule has 0 bridgehead atoms. The average Bonchev–Trinajstić information content (AvgIpc) is 3.23. The van der Waals surface area contributed by atoms with Crippen LogP contribution in [-0.4, -0.2) is 31.5 Å². The monoisotopic (exact) mass is 432 g/mol. The second-order valence-corrected chi connectivity index (χ2v) is 8.68. The molecule has 0 saturated carbocycles. The summed E-state index contributed by atoms with van der Waals surface area (Å²) in [5.74, 6) is 7.71. The first kappa shape index (κ1) is 21.1. The van der Waals surface area contributed by atoms with E-state index in [4.69, 9.17) is 10.6 Å². The molecule has 3 rings (SSSR count). The van der Waals surface area contributed by atoms with Crippen LogP contribution < -0.4 is 15.9 Å². The van der Waals surface area contributed by atoms with Crippen LogP contribution in [0.4, 0.5) is 5.13 Å². The molecule has 0 aliphatic carbocycles. The van der Waals surface area contributed by atoms with Crippen LogP contribution in [0.25, 0.3) is 0 Å². The normalized spacial score (nSPS) is 11.1. The number of rotatable bonds is 8. The number of carbonyl (C=O) groups is 1. The van der Waals surface area contributed by atoms with Gasteiger partial charge in [-0.3, -0.25) is 4.79 Å². The maximum Gasteiger partial charge on any atom is 0.236 e. The SMILES string of the molecule is Cc1ccc(C(C)C)c(OCc2nnc(SCC(=O)Nc3nc(C)cs3)n2N)c1. The minimum atomic E-state index is -0.175. The minimum Gasteiger partial charge on any atom is -0.485 e. The van der Waals surface area contributed by atoms with Gasteiger partial charge in [0, 0.05) is 5.38 Å². The van der Waals surface area contributed by atoms with E-state index < -0.39 is 0 Å². The number of hydrogen-bond acceptors (Lipinski definition) is 8. The average molecular weight is 433 g/mol. The van der Waals surface area contributed by atoms with Crippen molar-refractivity contribution >= 4 is 34.1 Å². The largest absolute Gasteiger partial charge is 0.485 e. The number of nitrogens with one attached hydrogen (secondary N) is 1. The first-order valence-electron chi connectivity index (χ1n) is 9.11. The van der Waals surface area contributed by atoms with Crippen LogP contribution in [0.5, 0.6) is 5.75 Å². The highest BCUT2D eigenvalue weighted by Crippen LogP contribution is 2.28. The van der Waals surface area contributed by atoms with Gasteiger partial charge in [-0.2, -0.15) is 0 Å². The lowest BCUT2D eigenvalue weighted by Gasteiger charge is -2.14. The molecule has 0 aliphatic heterocycles. The number of thioether (sulfide) groups is 1. The number of aromatic nitrogens is 4. The van der Waals surface area contributed by atoms with Crippen molar-refractivity contribution < 1.29 is 9.53 Å². The number of benzene rings is 1. The maximum absolute atomic E-state index is 12.1. The van der Waals surface area contributed by atoms with Crippen molar-refractivity contribution in [1.29, 1.82) is 0 Å². The number of hydrogen-bond donors (Lipinski definition) is 2. The number of nitrogens with two attached hydrogens (primary N) is 1. The predicted molar refractivity (Wildman–Crippen MR) is 116 cm³/mol. The molecule has 154 valence electrons. The van der Waals surface area contributed by atoms with Crippen molar-refractivity contribution in [2.45, 2.75) is 45.4 Å². The van der Waals surface area contributed by atoms with E-state index in [9.17, 15) is 4.79 Å². The molecule has 3 aromatic rings. The van der Waals surface area contributed by atoms with Gasteiger partial charge in [0.2, 0.25) is 11.1 Å². The maximum atomic E-state index is 12.1. The number of thiazole rings is 1. The van der Waals surface area contributed by atoms with Crippen LogP contribution in [0.3, 0.4) is 0 Å². The first-order valence-corrected chi connectivity index (χ1v) is 11.0. The molecular formula is C19H24N6O2S2. The summed E-state index contributed by atoms with van der Waals surface area (Å²) in [6.45, 7) is 8.33. The van der Waals surface area contributed by atoms with Crippen molar-refractivity contribution in [1.82, 2.24) is 19.9 Å². The number of aryl methyl sites for hydroxylation is 2. The third-order valence-electron chi connectivity index (χ3n) is 4.08. The molecule has 1 aromatic carbocycles. The van der Waals surface area contributed by atoms with E-state index in [0.717, 1.165) is 22.6 Å². The third kappa shape index (κ3) is 5.48. The van der Waals surface area contributed by atoms with Gasteiger partial charge in [0.1, 0.15) is 12.4 Å². The predicted octanol–water partition coefficient (Wildman–Crippen LogP) is 3.50. The Labute approximate surface area is 177 Å². The molecule has 1 amide bonds. The Morgan fingerprint density at radius 2 is 2.14 bits per heavy atom. The number of nitrogen functional groups attached to an aromatic ring is 1. The number of nitrogens with zero attached hydrogens (tertiary/aromatic N) is 4. The van der Waals surface area contributed by atoms with Crippen LogP contribution in [0.15, 0.2) is 28.7 Å². The molecule has 0 radical (unpaired) electrons. The van der Waals surface area contributed by atoms with E-state index in [0.29, 0.717) is 22.0 Å². The number of ether oxygens (including phenoxy) is 1. The molecule has 3 N–H and O–H groups in total. The highest BCUT2D eigenvalue weighted by atomic mass is 32.2. The van der Waals surface area contributed by atoms with Crippen molar-refractivity contribution in [3.05, 3.63) is 46.2 Å². The standard InChI is InChI=1S/C19H24N6O2S2/c1-11(2)14-6-5-12(3)7-15(14)27-8-16-23-24-19(25(16)20)29-10-17(26)22-18-21-13(4)9-28-18/h5-7,9,11H,8,10,20H2,1-4H3,(H,21,22,26). The van der Waals surface area contributed by atoms with Crippen LogP contribution in [-0.2, 0) is 11.4 Å². The number of amides is 1. The molecule has 2 heterocycles. The first-order chi connectivity index (χ1) is 13.8. The van der Waals surface area contributed by atoms with Crippen LogP contribution in [0.2, 0.25) is 0 Å². The molecule has 0 unspecified atom stereocenters. The van der Waals surface area contributed by atoms with Crippen LogP contribution >= 0.6 is 23.1 Å². The van der Waals surface area contributed by atoms with Gasteiger partial charge >= 0.3 is 0 Å². The zero-order valence-electron chi connectivity index (χ0n) is 16.8. The Balaban J connectivity index is 1.58. The zero-order valence-corrected chi connectivity index (χ0v) is 18.4. The smallest absolute Gasteiger partial charge is 0.236 e. The molecule has 0 aliphatic rings. The molecular weight excluding hydrogens is 408 g/mol. The quantitative estimate of drug-likeness (QED) is 0.414. The van der Waals surface area contributed by atoms with Gasteiger partial charge in [-0.25, -0.2) is 9.66 Å². The Kier molecular flexibility index (Phi) is 6.75. The molecule has 0 saturated heterocycles. The molecule has 2 aromatic heterocycles. The van der Waals surface area contributed by atoms with Gasteiger partial charge in [0.15, 0.2) is 11.0 Å². The lowest BCUT2D eigenvalue weighted by molar-refractivity contribution is -0.113. The van der Waals surface area contributed by atoms with Crippen molar-refractivity contribution in [3.8, 4) is 5.75 Å². The molecule has 8 nitrogen and oxygen atoms in total. The van der Waals surface area contributed by atoms with Gasteiger partial charge in [-0.05, 0) is 37.0 Å². The Morgan fingerprint density at radius 3 is 2.83 bits per heavy atom. The summed E-state index contributed by atoms with van der Waals surface area (Å²) in [7, 11) is 0. The Morgan fingerprint density at radius 1 is 1.34 bits per heavy atom. The molecule has 29 heavy (non-hydrogen) atoms. The fraction of sp³-hybridized carbons (Fsp3) is 0.368. The minimum absolute atomic E-state index is 0.157. The fourth-order valence-electron chi connectivity index (χ4n) is 2.59. The zero-order chi connectivity index (χ0) is 21.0. The summed E-state index contributed by atoms with van der Waals surface area (Å²) in [5.41, 5.74) is 3.12.